The van der Waals surface area contributed by atoms with Gasteiger partial charge >= 0.3 is 5.97 Å². The number of hydrogen-bond acceptors (Lipinski definition) is 6. The van der Waals surface area contributed by atoms with E-state index in [9.17, 15) is 14.4 Å². The number of carbonyl (C=O) groups is 3. The molecule has 0 N–H and O–H groups in total. The molecule has 0 amide bonds. The van der Waals surface area contributed by atoms with Crippen LogP contribution < -0.4 is 4.74 Å². The number of methoxy groups -OCH3 is 1. The number of fused-ring (bicyclic) bond motifs is 3. The molecule has 1 aliphatic carbocycles. The molecular formula is C18H16O6. The zero-order valence-electron chi connectivity index (χ0n) is 13.5. The van der Waals surface area contributed by atoms with Crippen molar-refractivity contribution in [2.24, 2.45) is 0 Å². The Morgan fingerprint density at radius 3 is 2.50 bits per heavy atom. The standard InChI is InChI=1S/C18H16O6/c1-7-4-5-9(22-3)14-12(7)16(20)13-8(2)23-10-6-11(19)24-18(10)15(13)17(14)21/h4-5,8,10,18H,6H2,1-3H3/t8-,10-,18+/m1/s1. The van der Waals surface area contributed by atoms with E-state index in [-0.39, 0.29) is 29.1 Å². The van der Waals surface area contributed by atoms with Crippen molar-refractivity contribution in [1.82, 2.24) is 0 Å². The van der Waals surface area contributed by atoms with Crippen LogP contribution in [0.1, 0.15) is 39.6 Å². The fraction of sp³-hybridized carbons (Fsp3) is 0.389. The van der Waals surface area contributed by atoms with E-state index in [0.29, 0.717) is 22.4 Å². The molecule has 4 rings (SSSR count). The Morgan fingerprint density at radius 2 is 1.79 bits per heavy atom. The highest BCUT2D eigenvalue weighted by Gasteiger charge is 2.51. The summed E-state index contributed by atoms with van der Waals surface area (Å²) in [6.07, 6.45) is -1.82. The zero-order valence-corrected chi connectivity index (χ0v) is 13.5. The molecule has 6 nitrogen and oxygen atoms in total. The number of rotatable bonds is 1. The molecule has 0 unspecified atom stereocenters. The molecule has 0 radical (unpaired) electrons. The van der Waals surface area contributed by atoms with Crippen molar-refractivity contribution in [3.63, 3.8) is 0 Å². The van der Waals surface area contributed by atoms with E-state index in [4.69, 9.17) is 14.2 Å². The van der Waals surface area contributed by atoms with Crippen LogP contribution in [0, 0.1) is 6.92 Å². The highest BCUT2D eigenvalue weighted by atomic mass is 16.6. The van der Waals surface area contributed by atoms with Crippen molar-refractivity contribution in [1.29, 1.82) is 0 Å². The molecule has 2 heterocycles. The van der Waals surface area contributed by atoms with E-state index < -0.39 is 24.3 Å². The summed E-state index contributed by atoms with van der Waals surface area (Å²) in [5.41, 5.74) is 1.83. The maximum atomic E-state index is 13.2. The normalized spacial score (nSPS) is 28.3. The minimum Gasteiger partial charge on any atom is -0.496 e. The van der Waals surface area contributed by atoms with Crippen LogP contribution in [-0.4, -0.2) is 43.0 Å². The Balaban J connectivity index is 1.97. The van der Waals surface area contributed by atoms with Crippen LogP contribution in [0.4, 0.5) is 0 Å². The quantitative estimate of drug-likeness (QED) is 0.731. The molecule has 24 heavy (non-hydrogen) atoms. The van der Waals surface area contributed by atoms with E-state index in [2.05, 4.69) is 0 Å². The Bertz CT molecular complexity index is 834. The van der Waals surface area contributed by atoms with Gasteiger partial charge in [-0.1, -0.05) is 6.07 Å². The van der Waals surface area contributed by atoms with Gasteiger partial charge in [0.25, 0.3) is 0 Å². The maximum absolute atomic E-state index is 13.2. The third-order valence-electron chi connectivity index (χ3n) is 4.86. The molecule has 2 aliphatic heterocycles. The lowest BCUT2D eigenvalue weighted by Gasteiger charge is -2.35. The summed E-state index contributed by atoms with van der Waals surface area (Å²) >= 11 is 0. The molecule has 1 saturated heterocycles. The van der Waals surface area contributed by atoms with Gasteiger partial charge in [-0.05, 0) is 25.5 Å². The molecule has 1 fully saturated rings. The van der Waals surface area contributed by atoms with Crippen molar-refractivity contribution in [3.05, 3.63) is 40.0 Å². The van der Waals surface area contributed by atoms with E-state index in [1.54, 1.807) is 26.0 Å². The molecule has 0 bridgehead atoms. The predicted octanol–water partition coefficient (Wildman–Crippen LogP) is 1.78. The number of esters is 1. The second kappa shape index (κ2) is 5.01. The third-order valence-corrected chi connectivity index (χ3v) is 4.86. The smallest absolute Gasteiger partial charge is 0.309 e. The SMILES string of the molecule is COc1ccc(C)c2c1C(=O)C1=C(C2=O)[C@@H](C)O[C@@H]2CC(=O)O[C@H]12. The summed E-state index contributed by atoms with van der Waals surface area (Å²) in [7, 11) is 1.46. The first-order valence-corrected chi connectivity index (χ1v) is 7.80. The minimum atomic E-state index is -0.821. The predicted molar refractivity (Wildman–Crippen MR) is 82.3 cm³/mol. The van der Waals surface area contributed by atoms with Gasteiger partial charge in [0.15, 0.2) is 17.7 Å². The molecule has 0 spiro atoms. The van der Waals surface area contributed by atoms with Gasteiger partial charge in [-0.15, -0.1) is 0 Å². The molecule has 3 aliphatic rings. The third kappa shape index (κ3) is 1.83. The van der Waals surface area contributed by atoms with Crippen LogP contribution in [0.25, 0.3) is 0 Å². The lowest BCUT2D eigenvalue weighted by atomic mass is 9.76. The van der Waals surface area contributed by atoms with Crippen LogP contribution in [0.3, 0.4) is 0 Å². The van der Waals surface area contributed by atoms with Crippen molar-refractivity contribution >= 4 is 17.5 Å². The molecular weight excluding hydrogens is 312 g/mol. The van der Waals surface area contributed by atoms with Crippen LogP contribution in [0.2, 0.25) is 0 Å². The average Bonchev–Trinajstić information content (AvgIpc) is 2.91. The van der Waals surface area contributed by atoms with Gasteiger partial charge in [0, 0.05) is 11.1 Å². The van der Waals surface area contributed by atoms with Crippen molar-refractivity contribution in [3.8, 4) is 5.75 Å². The van der Waals surface area contributed by atoms with Crippen molar-refractivity contribution < 1.29 is 28.6 Å². The maximum Gasteiger partial charge on any atom is 0.309 e. The molecule has 6 heteroatoms. The largest absolute Gasteiger partial charge is 0.496 e. The van der Waals surface area contributed by atoms with Gasteiger partial charge in [0.05, 0.1) is 30.8 Å². The Kier molecular flexibility index (Phi) is 3.15. The van der Waals surface area contributed by atoms with Gasteiger partial charge in [0.1, 0.15) is 11.9 Å². The second-order valence-electron chi connectivity index (χ2n) is 6.25. The Morgan fingerprint density at radius 1 is 1.08 bits per heavy atom. The van der Waals surface area contributed by atoms with Crippen molar-refractivity contribution in [2.45, 2.75) is 38.6 Å². The molecule has 124 valence electrons. The second-order valence-corrected chi connectivity index (χ2v) is 6.25. The lowest BCUT2D eigenvalue weighted by molar-refractivity contribution is -0.140. The number of aryl methyl sites for hydroxylation is 1. The molecule has 0 aromatic heterocycles. The van der Waals surface area contributed by atoms with E-state index >= 15 is 0 Å². The van der Waals surface area contributed by atoms with E-state index in [0.717, 1.165) is 0 Å². The van der Waals surface area contributed by atoms with Gasteiger partial charge in [-0.3, -0.25) is 14.4 Å². The van der Waals surface area contributed by atoms with Gasteiger partial charge in [-0.25, -0.2) is 0 Å². The summed E-state index contributed by atoms with van der Waals surface area (Å²) in [5, 5.41) is 0. The number of benzene rings is 1. The summed E-state index contributed by atoms with van der Waals surface area (Å²) in [6, 6.07) is 3.42. The average molecular weight is 328 g/mol. The molecule has 0 saturated carbocycles. The highest BCUT2D eigenvalue weighted by molar-refractivity contribution is 6.29. The number of Topliss-reactive ketones (excluding diaryl/α,β-unsaturated/α-hetero) is 2. The molecule has 3 atom stereocenters. The summed E-state index contributed by atoms with van der Waals surface area (Å²) in [6.45, 7) is 3.50. The number of hydrogen-bond donors (Lipinski definition) is 0. The number of ether oxygens (including phenoxy) is 3. The monoisotopic (exact) mass is 328 g/mol. The van der Waals surface area contributed by atoms with Crippen LogP contribution in [0.5, 0.6) is 5.75 Å². The first-order chi connectivity index (χ1) is 11.4. The fourth-order valence-electron chi connectivity index (χ4n) is 3.81. The molecule has 1 aromatic carbocycles. The summed E-state index contributed by atoms with van der Waals surface area (Å²) in [4.78, 5) is 37.9. The summed E-state index contributed by atoms with van der Waals surface area (Å²) in [5.74, 6) is -0.654. The van der Waals surface area contributed by atoms with Gasteiger partial charge in [-0.2, -0.15) is 0 Å². The van der Waals surface area contributed by atoms with E-state index in [1.165, 1.54) is 7.11 Å². The topological polar surface area (TPSA) is 78.9 Å². The summed E-state index contributed by atoms with van der Waals surface area (Å²) < 4.78 is 16.3. The first-order valence-electron chi connectivity index (χ1n) is 7.80. The zero-order chi connectivity index (χ0) is 17.2. The first kappa shape index (κ1) is 15.1. The molecule has 1 aromatic rings. The number of carbonyl (C=O) groups excluding carboxylic acids is 3. The number of ketones is 2. The van der Waals surface area contributed by atoms with Gasteiger partial charge < -0.3 is 14.2 Å². The van der Waals surface area contributed by atoms with Gasteiger partial charge in [0.2, 0.25) is 0 Å². The minimum absolute atomic E-state index is 0.0884. The van der Waals surface area contributed by atoms with Crippen LogP contribution in [0.15, 0.2) is 23.3 Å². The highest BCUT2D eigenvalue weighted by Crippen LogP contribution is 2.43. The Labute approximate surface area is 138 Å². The lowest BCUT2D eigenvalue weighted by Crippen LogP contribution is -2.44. The van der Waals surface area contributed by atoms with Crippen molar-refractivity contribution in [2.75, 3.05) is 7.11 Å². The van der Waals surface area contributed by atoms with Crippen LogP contribution in [-0.2, 0) is 14.3 Å². The van der Waals surface area contributed by atoms with E-state index in [1.807, 2.05) is 0 Å². The van der Waals surface area contributed by atoms with Crippen LogP contribution >= 0.6 is 0 Å². The Hall–Kier alpha value is -2.47. The fourth-order valence-corrected chi connectivity index (χ4v) is 3.81.